The summed E-state index contributed by atoms with van der Waals surface area (Å²) in [5.74, 6) is -1.35. The average Bonchev–Trinajstić information content (AvgIpc) is 2.37. The smallest absolute Gasteiger partial charge is 0.264 e. The summed E-state index contributed by atoms with van der Waals surface area (Å²) in [6.07, 6.45) is 0. The van der Waals surface area contributed by atoms with Crippen molar-refractivity contribution in [2.24, 2.45) is 0 Å². The summed E-state index contributed by atoms with van der Waals surface area (Å²) in [7, 11) is -4.15. The highest BCUT2D eigenvalue weighted by Crippen LogP contribution is 2.25. The molecule has 0 saturated heterocycles. The Kier molecular flexibility index (Phi) is 3.87. The molecule has 0 heterocycles. The van der Waals surface area contributed by atoms with Crippen LogP contribution >= 0.6 is 0 Å². The van der Waals surface area contributed by atoms with Gasteiger partial charge >= 0.3 is 0 Å². The topological polar surface area (TPSA) is 72.2 Å². The van der Waals surface area contributed by atoms with Gasteiger partial charge in [0.2, 0.25) is 0 Å². The van der Waals surface area contributed by atoms with E-state index in [4.69, 9.17) is 5.73 Å². The number of benzene rings is 2. The van der Waals surface area contributed by atoms with Crippen LogP contribution in [0.25, 0.3) is 0 Å². The predicted molar refractivity (Wildman–Crippen MR) is 77.5 cm³/mol. The van der Waals surface area contributed by atoms with Crippen LogP contribution in [0.3, 0.4) is 0 Å². The van der Waals surface area contributed by atoms with Gasteiger partial charge in [-0.25, -0.2) is 17.2 Å². The molecule has 0 atom stereocenters. The van der Waals surface area contributed by atoms with Gasteiger partial charge in [0.05, 0.1) is 5.69 Å². The van der Waals surface area contributed by atoms with Gasteiger partial charge in [0, 0.05) is 5.69 Å². The molecule has 0 fully saturated rings. The molecule has 7 heteroatoms. The number of nitrogen functional groups attached to an aromatic ring is 1. The first-order valence-electron chi connectivity index (χ1n) is 6.05. The van der Waals surface area contributed by atoms with Crippen LogP contribution in [0.5, 0.6) is 0 Å². The lowest BCUT2D eigenvalue weighted by Gasteiger charge is -2.12. The highest BCUT2D eigenvalue weighted by molar-refractivity contribution is 7.92. The third-order valence-corrected chi connectivity index (χ3v) is 4.33. The summed E-state index contributed by atoms with van der Waals surface area (Å²) < 4.78 is 53.8. The van der Waals surface area contributed by atoms with Crippen LogP contribution in [-0.4, -0.2) is 8.42 Å². The van der Waals surface area contributed by atoms with Crippen LogP contribution in [0.1, 0.15) is 11.1 Å². The lowest BCUT2D eigenvalue weighted by atomic mass is 10.2. The Morgan fingerprint density at radius 3 is 2.33 bits per heavy atom. The van der Waals surface area contributed by atoms with Gasteiger partial charge in [-0.05, 0) is 55.3 Å². The number of hydrogen-bond acceptors (Lipinski definition) is 3. The fraction of sp³-hybridized carbons (Fsp3) is 0.143. The second-order valence-corrected chi connectivity index (χ2v) is 6.37. The minimum absolute atomic E-state index is 0.131. The first kappa shape index (κ1) is 15.2. The zero-order valence-corrected chi connectivity index (χ0v) is 12.3. The molecule has 0 bridgehead atoms. The summed E-state index contributed by atoms with van der Waals surface area (Å²) >= 11 is 0. The summed E-state index contributed by atoms with van der Waals surface area (Å²) in [5, 5.41) is 0. The van der Waals surface area contributed by atoms with Crippen molar-refractivity contribution in [1.82, 2.24) is 0 Å². The number of anilines is 2. The maximum absolute atomic E-state index is 14.0. The van der Waals surface area contributed by atoms with E-state index in [2.05, 4.69) is 4.72 Å². The Balaban J connectivity index is 2.48. The number of sulfonamides is 1. The molecule has 2 aromatic rings. The Morgan fingerprint density at radius 1 is 1.05 bits per heavy atom. The number of halogens is 2. The van der Waals surface area contributed by atoms with E-state index in [1.54, 1.807) is 6.92 Å². The van der Waals surface area contributed by atoms with Crippen molar-refractivity contribution in [3.05, 3.63) is 53.1 Å². The monoisotopic (exact) mass is 312 g/mol. The molecular formula is C14H14F2N2O2S. The molecule has 0 aliphatic rings. The second kappa shape index (κ2) is 5.33. The largest absolute Gasteiger partial charge is 0.399 e. The van der Waals surface area contributed by atoms with E-state index < -0.39 is 26.6 Å². The second-order valence-electron chi connectivity index (χ2n) is 4.71. The molecule has 21 heavy (non-hydrogen) atoms. The zero-order valence-electron chi connectivity index (χ0n) is 11.4. The molecular weight excluding hydrogens is 298 g/mol. The van der Waals surface area contributed by atoms with E-state index in [1.807, 2.05) is 0 Å². The molecule has 0 aliphatic carbocycles. The van der Waals surface area contributed by atoms with Gasteiger partial charge in [0.25, 0.3) is 10.0 Å². The van der Waals surface area contributed by atoms with Crippen molar-refractivity contribution in [2.75, 3.05) is 10.5 Å². The van der Waals surface area contributed by atoms with Gasteiger partial charge in [-0.3, -0.25) is 4.72 Å². The normalized spacial score (nSPS) is 11.4. The first-order chi connectivity index (χ1) is 9.70. The van der Waals surface area contributed by atoms with E-state index in [0.29, 0.717) is 5.56 Å². The molecule has 4 nitrogen and oxygen atoms in total. The van der Waals surface area contributed by atoms with E-state index in [1.165, 1.54) is 25.1 Å². The van der Waals surface area contributed by atoms with Gasteiger partial charge in [0.1, 0.15) is 16.5 Å². The molecule has 0 radical (unpaired) electrons. The van der Waals surface area contributed by atoms with Crippen LogP contribution in [0.2, 0.25) is 0 Å². The van der Waals surface area contributed by atoms with Gasteiger partial charge < -0.3 is 5.73 Å². The van der Waals surface area contributed by atoms with Crippen LogP contribution < -0.4 is 10.5 Å². The minimum Gasteiger partial charge on any atom is -0.399 e. The van der Waals surface area contributed by atoms with Gasteiger partial charge in [-0.1, -0.05) is 0 Å². The maximum atomic E-state index is 14.0. The predicted octanol–water partition coefficient (Wildman–Crippen LogP) is 2.96. The quantitative estimate of drug-likeness (QED) is 0.856. The Bertz CT molecular complexity index is 805. The summed E-state index contributed by atoms with van der Waals surface area (Å²) in [6, 6.07) is 5.96. The molecule has 3 N–H and O–H groups in total. The zero-order chi connectivity index (χ0) is 15.8. The minimum atomic E-state index is -4.15. The summed E-state index contributed by atoms with van der Waals surface area (Å²) in [5.41, 5.74) is 6.40. The highest BCUT2D eigenvalue weighted by atomic mass is 32.2. The summed E-state index contributed by atoms with van der Waals surface area (Å²) in [6.45, 7) is 2.97. The van der Waals surface area contributed by atoms with Crippen molar-refractivity contribution in [1.29, 1.82) is 0 Å². The van der Waals surface area contributed by atoms with Crippen molar-refractivity contribution in [3.63, 3.8) is 0 Å². The Morgan fingerprint density at radius 2 is 1.71 bits per heavy atom. The molecule has 112 valence electrons. The van der Waals surface area contributed by atoms with Crippen molar-refractivity contribution >= 4 is 21.4 Å². The SMILES string of the molecule is Cc1cc(F)ccc1NS(=O)(=O)c1cc(N)cc(C)c1F. The third-order valence-electron chi connectivity index (χ3n) is 2.97. The molecule has 0 spiro atoms. The Hall–Kier alpha value is -2.15. The molecule has 0 amide bonds. The van der Waals surface area contributed by atoms with Crippen LogP contribution in [-0.2, 0) is 10.0 Å². The molecule has 0 unspecified atom stereocenters. The fourth-order valence-electron chi connectivity index (χ4n) is 1.90. The van der Waals surface area contributed by atoms with Crippen LogP contribution in [0.4, 0.5) is 20.2 Å². The molecule has 0 saturated carbocycles. The molecule has 2 aromatic carbocycles. The number of nitrogens with two attached hydrogens (primary N) is 1. The average molecular weight is 312 g/mol. The standard InChI is InChI=1S/C14H14F2N2O2S/c1-8-5-10(15)3-4-12(8)18-21(19,20)13-7-11(17)6-9(2)14(13)16/h3-7,18H,17H2,1-2H3. The molecule has 0 aliphatic heterocycles. The first-order valence-corrected chi connectivity index (χ1v) is 7.53. The van der Waals surface area contributed by atoms with Crippen molar-refractivity contribution < 1.29 is 17.2 Å². The van der Waals surface area contributed by atoms with E-state index in [9.17, 15) is 17.2 Å². The van der Waals surface area contributed by atoms with Crippen LogP contribution in [0.15, 0.2) is 35.2 Å². The number of nitrogens with one attached hydrogen (secondary N) is 1. The number of aryl methyl sites for hydroxylation is 2. The highest BCUT2D eigenvalue weighted by Gasteiger charge is 2.22. The lowest BCUT2D eigenvalue weighted by Crippen LogP contribution is -2.16. The summed E-state index contributed by atoms with van der Waals surface area (Å²) in [4.78, 5) is -0.538. The Labute approximate surface area is 121 Å². The van der Waals surface area contributed by atoms with E-state index >= 15 is 0 Å². The maximum Gasteiger partial charge on any atom is 0.264 e. The van der Waals surface area contributed by atoms with Crippen molar-refractivity contribution in [2.45, 2.75) is 18.7 Å². The number of rotatable bonds is 3. The van der Waals surface area contributed by atoms with Crippen LogP contribution in [0, 0.1) is 25.5 Å². The van der Waals surface area contributed by atoms with E-state index in [0.717, 1.165) is 12.1 Å². The number of hydrogen-bond donors (Lipinski definition) is 2. The van der Waals surface area contributed by atoms with Gasteiger partial charge in [-0.2, -0.15) is 0 Å². The van der Waals surface area contributed by atoms with Gasteiger partial charge in [-0.15, -0.1) is 0 Å². The molecule has 2 rings (SSSR count). The van der Waals surface area contributed by atoms with E-state index in [-0.39, 0.29) is 16.9 Å². The van der Waals surface area contributed by atoms with Crippen molar-refractivity contribution in [3.8, 4) is 0 Å². The molecule has 0 aromatic heterocycles. The van der Waals surface area contributed by atoms with Gasteiger partial charge in [0.15, 0.2) is 0 Å². The third kappa shape index (κ3) is 3.13. The lowest BCUT2D eigenvalue weighted by molar-refractivity contribution is 0.565. The fourth-order valence-corrected chi connectivity index (χ4v) is 3.22.